The summed E-state index contributed by atoms with van der Waals surface area (Å²) in [6, 6.07) is 7.00. The molecule has 0 saturated heterocycles. The number of aryl methyl sites for hydroxylation is 1. The smallest absolute Gasteiger partial charge is 0.335 e. The Labute approximate surface area is 157 Å². The van der Waals surface area contributed by atoms with Gasteiger partial charge >= 0.3 is 5.97 Å². The Morgan fingerprint density at radius 2 is 1.69 bits per heavy atom. The van der Waals surface area contributed by atoms with Crippen molar-refractivity contribution in [1.82, 2.24) is 0 Å². The molecule has 0 fully saturated rings. The van der Waals surface area contributed by atoms with Gasteiger partial charge in [0.05, 0.1) is 11.7 Å². The average molecular weight is 363 g/mol. The van der Waals surface area contributed by atoms with E-state index in [0.29, 0.717) is 5.56 Å². The summed E-state index contributed by atoms with van der Waals surface area (Å²) in [5, 5.41) is 19.0. The van der Waals surface area contributed by atoms with Crippen molar-refractivity contribution in [1.29, 1.82) is 0 Å². The van der Waals surface area contributed by atoms with E-state index < -0.39 is 5.97 Å². The van der Waals surface area contributed by atoms with Crippen molar-refractivity contribution < 1.29 is 19.8 Å². The minimum Gasteiger partial charge on any atom is -0.478 e. The fourth-order valence-corrected chi connectivity index (χ4v) is 3.34. The van der Waals surface area contributed by atoms with Crippen molar-refractivity contribution in [3.05, 3.63) is 35.4 Å². The monoisotopic (exact) mass is 362 g/mol. The fraction of sp³-hybridized carbons (Fsp3) is 0.636. The first-order valence-electron chi connectivity index (χ1n) is 9.94. The van der Waals surface area contributed by atoms with Crippen LogP contribution in [0.1, 0.15) is 87.6 Å². The third kappa shape index (κ3) is 9.14. The molecule has 4 nitrogen and oxygen atoms in total. The lowest BCUT2D eigenvalue weighted by molar-refractivity contribution is -0.121. The van der Waals surface area contributed by atoms with Crippen molar-refractivity contribution in [2.45, 2.75) is 84.2 Å². The Morgan fingerprint density at radius 1 is 1.00 bits per heavy atom. The number of ketones is 1. The number of Topliss-reactive ketones (excluding diaryl/α,β-unsaturated/α-hetero) is 1. The van der Waals surface area contributed by atoms with Crippen LogP contribution in [-0.2, 0) is 11.2 Å². The summed E-state index contributed by atoms with van der Waals surface area (Å²) in [5.41, 5.74) is 1.31. The number of carbonyl (C=O) groups excluding carboxylic acids is 1. The second-order valence-corrected chi connectivity index (χ2v) is 7.29. The molecule has 146 valence electrons. The molecule has 0 bridgehead atoms. The van der Waals surface area contributed by atoms with Gasteiger partial charge in [-0.05, 0) is 63.1 Å². The number of carboxylic acids is 1. The van der Waals surface area contributed by atoms with Crippen LogP contribution in [0.5, 0.6) is 0 Å². The van der Waals surface area contributed by atoms with Gasteiger partial charge in [-0.3, -0.25) is 4.79 Å². The van der Waals surface area contributed by atoms with Crippen LogP contribution in [0, 0.1) is 5.92 Å². The zero-order chi connectivity index (χ0) is 19.4. The second kappa shape index (κ2) is 12.6. The van der Waals surface area contributed by atoms with Crippen LogP contribution in [0.2, 0.25) is 0 Å². The minimum atomic E-state index is -0.911. The van der Waals surface area contributed by atoms with Gasteiger partial charge in [0.1, 0.15) is 5.78 Å². The van der Waals surface area contributed by atoms with Crippen LogP contribution in [0.4, 0.5) is 0 Å². The molecule has 0 aromatic heterocycles. The van der Waals surface area contributed by atoms with Gasteiger partial charge in [0.2, 0.25) is 0 Å². The molecule has 1 aromatic carbocycles. The third-order valence-corrected chi connectivity index (χ3v) is 5.00. The summed E-state index contributed by atoms with van der Waals surface area (Å²) >= 11 is 0. The Bertz CT molecular complexity index is 553. The summed E-state index contributed by atoms with van der Waals surface area (Å²) in [5.74, 6) is -0.656. The van der Waals surface area contributed by atoms with E-state index in [0.717, 1.165) is 69.8 Å². The molecule has 2 N–H and O–H groups in total. The van der Waals surface area contributed by atoms with E-state index in [1.54, 1.807) is 25.1 Å². The van der Waals surface area contributed by atoms with Gasteiger partial charge in [0.15, 0.2) is 0 Å². The molecule has 0 radical (unpaired) electrons. The predicted molar refractivity (Wildman–Crippen MR) is 105 cm³/mol. The molecule has 1 rings (SSSR count). The Hall–Kier alpha value is -1.68. The number of carbonyl (C=O) groups is 2. The lowest BCUT2D eigenvalue weighted by Gasteiger charge is -2.15. The number of aromatic carboxylic acids is 1. The minimum absolute atomic E-state index is 0.0421. The van der Waals surface area contributed by atoms with Crippen LogP contribution in [0.25, 0.3) is 0 Å². The van der Waals surface area contributed by atoms with E-state index >= 15 is 0 Å². The molecule has 0 saturated carbocycles. The highest BCUT2D eigenvalue weighted by Crippen LogP contribution is 2.20. The van der Waals surface area contributed by atoms with E-state index in [2.05, 4.69) is 6.92 Å². The van der Waals surface area contributed by atoms with Gasteiger partial charge < -0.3 is 10.2 Å². The van der Waals surface area contributed by atoms with Crippen molar-refractivity contribution in [2.24, 2.45) is 5.92 Å². The number of aliphatic hydroxyl groups is 1. The van der Waals surface area contributed by atoms with Crippen LogP contribution in [0.15, 0.2) is 24.3 Å². The Morgan fingerprint density at radius 3 is 2.35 bits per heavy atom. The Balaban J connectivity index is 2.33. The molecule has 4 heteroatoms. The maximum Gasteiger partial charge on any atom is 0.335 e. The van der Waals surface area contributed by atoms with Crippen LogP contribution >= 0.6 is 0 Å². The average Bonchev–Trinajstić information content (AvgIpc) is 2.60. The van der Waals surface area contributed by atoms with Crippen LogP contribution in [-0.4, -0.2) is 28.1 Å². The van der Waals surface area contributed by atoms with Gasteiger partial charge in [-0.1, -0.05) is 44.7 Å². The normalized spacial score (nSPS) is 13.3. The maximum atomic E-state index is 11.9. The SMILES string of the molecule is CCCCCC(O)CCCC(CCCc1cccc(C(=O)O)c1)C(C)=O. The molecular weight excluding hydrogens is 328 g/mol. The van der Waals surface area contributed by atoms with Crippen LogP contribution < -0.4 is 0 Å². The molecule has 2 unspecified atom stereocenters. The van der Waals surface area contributed by atoms with Crippen molar-refractivity contribution >= 4 is 11.8 Å². The van der Waals surface area contributed by atoms with E-state index in [4.69, 9.17) is 5.11 Å². The summed E-state index contributed by atoms with van der Waals surface area (Å²) < 4.78 is 0. The number of rotatable bonds is 14. The second-order valence-electron chi connectivity index (χ2n) is 7.29. The van der Waals surface area contributed by atoms with Crippen molar-refractivity contribution in [3.63, 3.8) is 0 Å². The molecule has 0 aliphatic carbocycles. The van der Waals surface area contributed by atoms with Crippen molar-refractivity contribution in [2.75, 3.05) is 0 Å². The van der Waals surface area contributed by atoms with Gasteiger partial charge in [-0.25, -0.2) is 4.79 Å². The summed E-state index contributed by atoms with van der Waals surface area (Å²) in [6.45, 7) is 3.80. The standard InChI is InChI=1S/C22H34O4/c1-3-4-5-14-21(24)15-8-12-19(17(2)23)11-6-9-18-10-7-13-20(16-18)22(25)26/h7,10,13,16,19,21,24H,3-6,8-9,11-12,14-15H2,1-2H3,(H,25,26). The molecule has 0 heterocycles. The number of hydrogen-bond donors (Lipinski definition) is 2. The van der Waals surface area contributed by atoms with Gasteiger partial charge in [0, 0.05) is 5.92 Å². The van der Waals surface area contributed by atoms with Crippen LogP contribution in [0.3, 0.4) is 0 Å². The number of benzene rings is 1. The molecule has 0 spiro atoms. The number of unbranched alkanes of at least 4 members (excludes halogenated alkanes) is 2. The Kier molecular flexibility index (Phi) is 10.9. The lowest BCUT2D eigenvalue weighted by Crippen LogP contribution is -2.13. The molecule has 26 heavy (non-hydrogen) atoms. The maximum absolute atomic E-state index is 11.9. The molecule has 0 amide bonds. The number of hydrogen-bond acceptors (Lipinski definition) is 3. The molecular formula is C22H34O4. The largest absolute Gasteiger partial charge is 0.478 e. The highest BCUT2D eigenvalue weighted by atomic mass is 16.4. The lowest BCUT2D eigenvalue weighted by atomic mass is 9.90. The van der Waals surface area contributed by atoms with Gasteiger partial charge in [-0.2, -0.15) is 0 Å². The zero-order valence-corrected chi connectivity index (χ0v) is 16.2. The highest BCUT2D eigenvalue weighted by Gasteiger charge is 2.15. The molecule has 2 atom stereocenters. The van der Waals surface area contributed by atoms with E-state index in [9.17, 15) is 14.7 Å². The fourth-order valence-electron chi connectivity index (χ4n) is 3.34. The van der Waals surface area contributed by atoms with E-state index in [1.807, 2.05) is 6.07 Å². The number of carboxylic acid groups (broad SMARTS) is 1. The predicted octanol–water partition coefficient (Wildman–Crippen LogP) is 5.02. The third-order valence-electron chi connectivity index (χ3n) is 5.00. The van der Waals surface area contributed by atoms with Gasteiger partial charge in [-0.15, -0.1) is 0 Å². The quantitative estimate of drug-likeness (QED) is 0.455. The molecule has 0 aliphatic heterocycles. The first kappa shape index (κ1) is 22.4. The molecule has 1 aromatic rings. The van der Waals surface area contributed by atoms with E-state index in [-0.39, 0.29) is 17.8 Å². The molecule has 0 aliphatic rings. The summed E-state index contributed by atoms with van der Waals surface area (Å²) in [6.07, 6.45) is 8.96. The van der Waals surface area contributed by atoms with Gasteiger partial charge in [0.25, 0.3) is 0 Å². The first-order valence-corrected chi connectivity index (χ1v) is 9.94. The first-order chi connectivity index (χ1) is 12.4. The summed E-state index contributed by atoms with van der Waals surface area (Å²) in [7, 11) is 0. The van der Waals surface area contributed by atoms with E-state index in [1.165, 1.54) is 0 Å². The highest BCUT2D eigenvalue weighted by molar-refractivity contribution is 5.87. The topological polar surface area (TPSA) is 74.6 Å². The number of aliphatic hydroxyl groups excluding tert-OH is 1. The zero-order valence-electron chi connectivity index (χ0n) is 16.2. The summed E-state index contributed by atoms with van der Waals surface area (Å²) in [4.78, 5) is 22.9. The van der Waals surface area contributed by atoms with Crippen molar-refractivity contribution in [3.8, 4) is 0 Å².